The standard InChI is InChI=1S/C43H34O5/c1-3-28-24-32(16-22-40(28)45)43(38-10-6-4-8-36(38)37-9-5-7-11-39(37)43)33-17-23-41(46)31(25-33)26-42(47)30-14-20-35(21-15-30)48-34-18-12-29(13-19-34)27(2)44/h4-25,45-46H,3,26H2,1-2H3. The van der Waals surface area contributed by atoms with Gasteiger partial charge in [0, 0.05) is 23.1 Å². The molecule has 0 spiro atoms. The van der Waals surface area contributed by atoms with Crippen LogP contribution in [0.1, 0.15) is 67.9 Å². The molecule has 0 aromatic heterocycles. The molecule has 0 amide bonds. The summed E-state index contributed by atoms with van der Waals surface area (Å²) in [6.07, 6.45) is 0.673. The number of carbonyl (C=O) groups excluding carboxylic acids is 2. The summed E-state index contributed by atoms with van der Waals surface area (Å²) in [5.41, 5.74) is 8.14. The molecule has 0 saturated heterocycles. The van der Waals surface area contributed by atoms with Crippen molar-refractivity contribution in [3.63, 3.8) is 0 Å². The monoisotopic (exact) mass is 630 g/mol. The lowest BCUT2D eigenvalue weighted by Crippen LogP contribution is -2.29. The fourth-order valence-corrected chi connectivity index (χ4v) is 6.96. The number of rotatable bonds is 9. The number of aryl methyl sites for hydroxylation is 1. The summed E-state index contributed by atoms with van der Waals surface area (Å²) < 4.78 is 5.91. The Morgan fingerprint density at radius 3 is 1.60 bits per heavy atom. The number of benzene rings is 6. The summed E-state index contributed by atoms with van der Waals surface area (Å²) in [5, 5.41) is 21.7. The maximum atomic E-state index is 13.6. The highest BCUT2D eigenvalue weighted by Gasteiger charge is 2.46. The van der Waals surface area contributed by atoms with Gasteiger partial charge >= 0.3 is 0 Å². The molecule has 5 nitrogen and oxygen atoms in total. The number of aromatic hydroxyl groups is 2. The smallest absolute Gasteiger partial charge is 0.167 e. The minimum atomic E-state index is -0.738. The van der Waals surface area contributed by atoms with Gasteiger partial charge in [-0.2, -0.15) is 0 Å². The van der Waals surface area contributed by atoms with Crippen LogP contribution >= 0.6 is 0 Å². The summed E-state index contributed by atoms with van der Waals surface area (Å²) in [6.45, 7) is 3.54. The van der Waals surface area contributed by atoms with E-state index in [0.29, 0.717) is 34.6 Å². The molecule has 0 aliphatic heterocycles. The third-order valence-electron chi connectivity index (χ3n) is 9.38. The zero-order valence-corrected chi connectivity index (χ0v) is 26.7. The first-order valence-corrected chi connectivity index (χ1v) is 16.1. The molecule has 0 heterocycles. The number of hydrogen-bond acceptors (Lipinski definition) is 5. The van der Waals surface area contributed by atoms with Crippen LogP contribution in [0.5, 0.6) is 23.0 Å². The third kappa shape index (κ3) is 5.23. The van der Waals surface area contributed by atoms with Gasteiger partial charge in [-0.25, -0.2) is 0 Å². The Kier molecular flexibility index (Phi) is 7.90. The minimum Gasteiger partial charge on any atom is -0.508 e. The third-order valence-corrected chi connectivity index (χ3v) is 9.38. The van der Waals surface area contributed by atoms with E-state index < -0.39 is 5.41 Å². The topological polar surface area (TPSA) is 83.8 Å². The molecule has 5 heteroatoms. The van der Waals surface area contributed by atoms with Crippen molar-refractivity contribution in [3.05, 3.63) is 178 Å². The van der Waals surface area contributed by atoms with Crippen molar-refractivity contribution in [1.82, 2.24) is 0 Å². The first-order valence-electron chi connectivity index (χ1n) is 16.1. The largest absolute Gasteiger partial charge is 0.508 e. The van der Waals surface area contributed by atoms with E-state index in [1.54, 1.807) is 60.7 Å². The van der Waals surface area contributed by atoms with Gasteiger partial charge in [-0.3, -0.25) is 9.59 Å². The molecule has 0 fully saturated rings. The fourth-order valence-electron chi connectivity index (χ4n) is 6.96. The zero-order valence-electron chi connectivity index (χ0n) is 26.7. The van der Waals surface area contributed by atoms with Crippen LogP contribution in [-0.2, 0) is 18.3 Å². The normalized spacial score (nSPS) is 12.6. The average Bonchev–Trinajstić information content (AvgIpc) is 3.41. The molecule has 1 aliphatic carbocycles. The van der Waals surface area contributed by atoms with Gasteiger partial charge in [0.1, 0.15) is 23.0 Å². The number of ketones is 2. The van der Waals surface area contributed by atoms with Gasteiger partial charge in [0.2, 0.25) is 0 Å². The number of phenolic OH excluding ortho intramolecular Hbond substituents is 2. The van der Waals surface area contributed by atoms with Gasteiger partial charge in [-0.05, 0) is 113 Å². The number of hydrogen-bond donors (Lipinski definition) is 2. The van der Waals surface area contributed by atoms with Crippen molar-refractivity contribution in [2.24, 2.45) is 0 Å². The Morgan fingerprint density at radius 1 is 0.604 bits per heavy atom. The lowest BCUT2D eigenvalue weighted by Gasteiger charge is -2.34. The van der Waals surface area contributed by atoms with Crippen LogP contribution in [0, 0.1) is 0 Å². The summed E-state index contributed by atoms with van der Waals surface area (Å²) in [4.78, 5) is 25.2. The zero-order chi connectivity index (χ0) is 33.4. The van der Waals surface area contributed by atoms with Crippen molar-refractivity contribution in [1.29, 1.82) is 0 Å². The van der Waals surface area contributed by atoms with Gasteiger partial charge in [0.25, 0.3) is 0 Å². The fraction of sp³-hybridized carbons (Fsp3) is 0.116. The summed E-state index contributed by atoms with van der Waals surface area (Å²) in [5.74, 6) is 1.31. The van der Waals surface area contributed by atoms with Crippen molar-refractivity contribution in [2.45, 2.75) is 32.1 Å². The molecular formula is C43H34O5. The lowest BCUT2D eigenvalue weighted by molar-refractivity contribution is 0.0989. The van der Waals surface area contributed by atoms with Crippen LogP contribution in [0.25, 0.3) is 11.1 Å². The van der Waals surface area contributed by atoms with Crippen LogP contribution in [-0.4, -0.2) is 21.8 Å². The number of Topliss-reactive ketones (excluding diaryl/α,β-unsaturated/α-hetero) is 2. The summed E-state index contributed by atoms with van der Waals surface area (Å²) in [6, 6.07) is 41.9. The van der Waals surface area contributed by atoms with Crippen molar-refractivity contribution < 1.29 is 24.5 Å². The highest BCUT2D eigenvalue weighted by molar-refractivity contribution is 5.98. The van der Waals surface area contributed by atoms with Crippen LogP contribution in [0.15, 0.2) is 133 Å². The predicted octanol–water partition coefficient (Wildman–Crippen LogP) is 9.44. The molecule has 6 aromatic rings. The second-order valence-electron chi connectivity index (χ2n) is 12.2. The Labute approximate surface area is 279 Å². The van der Waals surface area contributed by atoms with Gasteiger partial charge in [0.05, 0.1) is 5.41 Å². The molecule has 236 valence electrons. The SMILES string of the molecule is CCc1cc(C2(c3ccc(O)c(CC(=O)c4ccc(Oc5ccc(C(C)=O)cc5)cc4)c3)c3ccccc3-c3ccccc32)ccc1O. The number of ether oxygens (including phenoxy) is 1. The molecule has 6 aromatic carbocycles. The minimum absolute atomic E-state index is 0.00153. The highest BCUT2D eigenvalue weighted by Crippen LogP contribution is 2.56. The molecular weight excluding hydrogens is 596 g/mol. The maximum absolute atomic E-state index is 13.6. The Hall–Kier alpha value is -5.94. The first kappa shape index (κ1) is 30.7. The van der Waals surface area contributed by atoms with Gasteiger partial charge in [-0.1, -0.05) is 79.7 Å². The van der Waals surface area contributed by atoms with E-state index in [0.717, 1.165) is 38.9 Å². The van der Waals surface area contributed by atoms with Gasteiger partial charge in [0.15, 0.2) is 11.6 Å². The Balaban J connectivity index is 1.26. The van der Waals surface area contributed by atoms with Crippen molar-refractivity contribution in [2.75, 3.05) is 0 Å². The van der Waals surface area contributed by atoms with E-state index in [2.05, 4.69) is 30.3 Å². The predicted molar refractivity (Wildman–Crippen MR) is 187 cm³/mol. The van der Waals surface area contributed by atoms with E-state index in [9.17, 15) is 19.8 Å². The van der Waals surface area contributed by atoms with E-state index in [4.69, 9.17) is 4.74 Å². The molecule has 2 N–H and O–H groups in total. The average molecular weight is 631 g/mol. The van der Waals surface area contributed by atoms with E-state index in [-0.39, 0.29) is 29.5 Å². The molecule has 0 atom stereocenters. The van der Waals surface area contributed by atoms with Gasteiger partial charge in [-0.15, -0.1) is 0 Å². The molecule has 1 aliphatic rings. The number of carbonyl (C=O) groups is 2. The van der Waals surface area contributed by atoms with Crippen molar-refractivity contribution >= 4 is 11.6 Å². The van der Waals surface area contributed by atoms with E-state index in [1.165, 1.54) is 6.92 Å². The summed E-state index contributed by atoms with van der Waals surface area (Å²) >= 11 is 0. The lowest BCUT2D eigenvalue weighted by atomic mass is 9.67. The first-order chi connectivity index (χ1) is 23.3. The quantitative estimate of drug-likeness (QED) is 0.155. The van der Waals surface area contributed by atoms with Crippen LogP contribution in [0.4, 0.5) is 0 Å². The second kappa shape index (κ2) is 12.3. The van der Waals surface area contributed by atoms with Gasteiger partial charge < -0.3 is 14.9 Å². The maximum Gasteiger partial charge on any atom is 0.167 e. The number of fused-ring (bicyclic) bond motifs is 3. The Bertz CT molecular complexity index is 2130. The molecule has 0 radical (unpaired) electrons. The molecule has 48 heavy (non-hydrogen) atoms. The molecule has 0 unspecified atom stereocenters. The summed E-state index contributed by atoms with van der Waals surface area (Å²) in [7, 11) is 0. The van der Waals surface area contributed by atoms with Crippen molar-refractivity contribution in [3.8, 4) is 34.1 Å². The van der Waals surface area contributed by atoms with E-state index >= 15 is 0 Å². The Morgan fingerprint density at radius 2 is 1.08 bits per heavy atom. The van der Waals surface area contributed by atoms with Crippen LogP contribution in [0.2, 0.25) is 0 Å². The highest BCUT2D eigenvalue weighted by atomic mass is 16.5. The molecule has 7 rings (SSSR count). The molecule has 0 saturated carbocycles. The van der Waals surface area contributed by atoms with E-state index in [1.807, 2.05) is 49.4 Å². The van der Waals surface area contributed by atoms with Crippen LogP contribution < -0.4 is 4.74 Å². The van der Waals surface area contributed by atoms with Crippen LogP contribution in [0.3, 0.4) is 0 Å². The second-order valence-corrected chi connectivity index (χ2v) is 12.2. The molecule has 0 bridgehead atoms. The number of phenols is 2.